The number of hydrogen-bond donors (Lipinski definition) is 3. The molecule has 2 aromatic carbocycles. The van der Waals surface area contributed by atoms with Crippen molar-refractivity contribution in [1.82, 2.24) is 4.90 Å². The first-order chi connectivity index (χ1) is 12.5. The number of hydrogen-bond acceptors (Lipinski definition) is 3. The zero-order valence-corrected chi connectivity index (χ0v) is 14.9. The molecule has 2 aromatic rings. The maximum Gasteiger partial charge on any atom is 0.323 e. The van der Waals surface area contributed by atoms with Crippen molar-refractivity contribution in [2.45, 2.75) is 13.3 Å². The van der Waals surface area contributed by atoms with E-state index >= 15 is 0 Å². The second-order valence-electron chi connectivity index (χ2n) is 7.01. The minimum Gasteiger partial charge on any atom is -0.338 e. The van der Waals surface area contributed by atoms with Crippen LogP contribution in [-0.2, 0) is 0 Å². The summed E-state index contributed by atoms with van der Waals surface area (Å²) >= 11 is 0. The first-order valence-electron chi connectivity index (χ1n) is 8.72. The number of nitrogens with zero attached hydrogens (tertiary/aromatic N) is 1. The highest BCUT2D eigenvalue weighted by Crippen LogP contribution is 2.29. The van der Waals surface area contributed by atoms with Gasteiger partial charge in [-0.2, -0.15) is 0 Å². The number of benzene rings is 2. The summed E-state index contributed by atoms with van der Waals surface area (Å²) in [7, 11) is 0. The minimum atomic E-state index is -0.325. The number of rotatable bonds is 4. The van der Waals surface area contributed by atoms with Gasteiger partial charge in [-0.25, -0.2) is 4.79 Å². The number of nitrogens with one attached hydrogen (secondary N) is 2. The minimum absolute atomic E-state index is 0.00228. The molecule has 0 saturated carbocycles. The molecule has 0 spiro atoms. The predicted molar refractivity (Wildman–Crippen MR) is 103 cm³/mol. The Morgan fingerprint density at radius 2 is 1.65 bits per heavy atom. The summed E-state index contributed by atoms with van der Waals surface area (Å²) in [5.74, 6) is 0.00228. The molecule has 1 atom stereocenters. The third kappa shape index (κ3) is 4.21. The molecule has 1 fully saturated rings. The van der Waals surface area contributed by atoms with Gasteiger partial charge < -0.3 is 21.3 Å². The lowest BCUT2D eigenvalue weighted by molar-refractivity contribution is 0.0777. The van der Waals surface area contributed by atoms with Crippen LogP contribution < -0.4 is 16.4 Å². The quantitative estimate of drug-likeness (QED) is 0.790. The van der Waals surface area contributed by atoms with Crippen molar-refractivity contribution in [2.75, 3.05) is 30.3 Å². The fourth-order valence-electron chi connectivity index (χ4n) is 3.06. The van der Waals surface area contributed by atoms with Crippen molar-refractivity contribution in [1.29, 1.82) is 0 Å². The Hall–Kier alpha value is -2.86. The van der Waals surface area contributed by atoms with Crippen LogP contribution in [0.2, 0.25) is 0 Å². The average molecular weight is 352 g/mol. The number of para-hydroxylation sites is 1. The van der Waals surface area contributed by atoms with Gasteiger partial charge in [0.1, 0.15) is 0 Å². The summed E-state index contributed by atoms with van der Waals surface area (Å²) < 4.78 is 0. The summed E-state index contributed by atoms with van der Waals surface area (Å²) in [5, 5.41) is 5.51. The van der Waals surface area contributed by atoms with E-state index in [4.69, 9.17) is 5.73 Å². The second-order valence-corrected chi connectivity index (χ2v) is 7.01. The van der Waals surface area contributed by atoms with Gasteiger partial charge in [0.25, 0.3) is 5.91 Å². The SMILES string of the molecule is CC1(CN)CCN(C(=O)c2ccc(NC(=O)Nc3ccccc3)cc2)C1. The summed E-state index contributed by atoms with van der Waals surface area (Å²) in [6.45, 7) is 4.10. The normalized spacial score (nSPS) is 19.2. The molecule has 136 valence electrons. The standard InChI is InChI=1S/C20H24N4O2/c1-20(13-21)11-12-24(14-20)18(25)15-7-9-17(10-8-15)23-19(26)22-16-5-3-2-4-6-16/h2-10H,11-14,21H2,1H3,(H2,22,23,26). The molecule has 3 amide bonds. The van der Waals surface area contributed by atoms with Crippen molar-refractivity contribution >= 4 is 23.3 Å². The number of carbonyl (C=O) groups is 2. The van der Waals surface area contributed by atoms with Gasteiger partial charge in [-0.3, -0.25) is 4.79 Å². The van der Waals surface area contributed by atoms with Crippen LogP contribution in [0.5, 0.6) is 0 Å². The van der Waals surface area contributed by atoms with Crippen molar-refractivity contribution in [3.8, 4) is 0 Å². The van der Waals surface area contributed by atoms with Crippen LogP contribution in [0.4, 0.5) is 16.2 Å². The lowest BCUT2D eigenvalue weighted by Gasteiger charge is -2.22. The second kappa shape index (κ2) is 7.58. The average Bonchev–Trinajstić information content (AvgIpc) is 3.05. The molecule has 0 bridgehead atoms. The zero-order valence-electron chi connectivity index (χ0n) is 14.9. The Morgan fingerprint density at radius 1 is 1.04 bits per heavy atom. The first-order valence-corrected chi connectivity index (χ1v) is 8.72. The van der Waals surface area contributed by atoms with Gasteiger partial charge >= 0.3 is 6.03 Å². The van der Waals surface area contributed by atoms with E-state index in [2.05, 4.69) is 17.6 Å². The van der Waals surface area contributed by atoms with E-state index in [1.165, 1.54) is 0 Å². The smallest absolute Gasteiger partial charge is 0.323 e. The van der Waals surface area contributed by atoms with Crippen LogP contribution >= 0.6 is 0 Å². The van der Waals surface area contributed by atoms with Crippen LogP contribution in [0, 0.1) is 5.41 Å². The number of amides is 3. The summed E-state index contributed by atoms with van der Waals surface area (Å²) in [6, 6.07) is 15.8. The predicted octanol–water partition coefficient (Wildman–Crippen LogP) is 3.14. The van der Waals surface area contributed by atoms with E-state index in [-0.39, 0.29) is 17.4 Å². The maximum atomic E-state index is 12.6. The Morgan fingerprint density at radius 3 is 2.23 bits per heavy atom. The zero-order chi connectivity index (χ0) is 18.6. The van der Waals surface area contributed by atoms with Gasteiger partial charge in [-0.1, -0.05) is 25.1 Å². The van der Waals surface area contributed by atoms with Crippen molar-refractivity contribution in [3.05, 3.63) is 60.2 Å². The Bertz CT molecular complexity index is 776. The van der Waals surface area contributed by atoms with E-state index in [9.17, 15) is 9.59 Å². The molecule has 26 heavy (non-hydrogen) atoms. The number of likely N-dealkylation sites (tertiary alicyclic amines) is 1. The van der Waals surface area contributed by atoms with Gasteiger partial charge in [0.05, 0.1) is 0 Å². The summed E-state index contributed by atoms with van der Waals surface area (Å²) in [5.41, 5.74) is 7.77. The van der Waals surface area contributed by atoms with Crippen molar-refractivity contribution in [2.24, 2.45) is 11.1 Å². The molecule has 0 aliphatic carbocycles. The van der Waals surface area contributed by atoms with E-state index in [0.29, 0.717) is 30.0 Å². The van der Waals surface area contributed by atoms with Crippen LogP contribution in [0.15, 0.2) is 54.6 Å². The van der Waals surface area contributed by atoms with Crippen LogP contribution in [-0.4, -0.2) is 36.5 Å². The molecular formula is C20H24N4O2. The molecule has 0 aromatic heterocycles. The summed E-state index contributed by atoms with van der Waals surface area (Å²) in [6.07, 6.45) is 0.925. The molecule has 6 heteroatoms. The van der Waals surface area contributed by atoms with Gasteiger partial charge in [-0.05, 0) is 54.8 Å². The highest BCUT2D eigenvalue weighted by Gasteiger charge is 2.35. The summed E-state index contributed by atoms with van der Waals surface area (Å²) in [4.78, 5) is 26.5. The van der Waals surface area contributed by atoms with Crippen molar-refractivity contribution in [3.63, 3.8) is 0 Å². The van der Waals surface area contributed by atoms with E-state index < -0.39 is 0 Å². The lowest BCUT2D eigenvalue weighted by atomic mass is 9.90. The highest BCUT2D eigenvalue weighted by atomic mass is 16.2. The Balaban J connectivity index is 1.58. The highest BCUT2D eigenvalue weighted by molar-refractivity contribution is 6.00. The molecule has 1 saturated heterocycles. The fraction of sp³-hybridized carbons (Fsp3) is 0.300. The van der Waals surface area contributed by atoms with Gasteiger partial charge in [0.2, 0.25) is 0 Å². The topological polar surface area (TPSA) is 87.5 Å². The van der Waals surface area contributed by atoms with E-state index in [1.54, 1.807) is 24.3 Å². The van der Waals surface area contributed by atoms with E-state index in [0.717, 1.165) is 13.0 Å². The van der Waals surface area contributed by atoms with Crippen LogP contribution in [0.3, 0.4) is 0 Å². The molecule has 6 nitrogen and oxygen atoms in total. The van der Waals surface area contributed by atoms with Crippen LogP contribution in [0.1, 0.15) is 23.7 Å². The molecule has 4 N–H and O–H groups in total. The number of anilines is 2. The first kappa shape index (κ1) is 17.9. The third-order valence-corrected chi connectivity index (χ3v) is 4.76. The fourth-order valence-corrected chi connectivity index (χ4v) is 3.06. The molecule has 0 radical (unpaired) electrons. The Labute approximate surface area is 153 Å². The van der Waals surface area contributed by atoms with Gasteiger partial charge in [0.15, 0.2) is 0 Å². The molecule has 1 aliphatic rings. The number of carbonyl (C=O) groups excluding carboxylic acids is 2. The third-order valence-electron chi connectivity index (χ3n) is 4.76. The maximum absolute atomic E-state index is 12.6. The van der Waals surface area contributed by atoms with Crippen LogP contribution in [0.25, 0.3) is 0 Å². The molecular weight excluding hydrogens is 328 g/mol. The van der Waals surface area contributed by atoms with Gasteiger partial charge in [-0.15, -0.1) is 0 Å². The molecule has 1 unspecified atom stereocenters. The van der Waals surface area contributed by atoms with Gasteiger partial charge in [0, 0.05) is 30.0 Å². The molecule has 3 rings (SSSR count). The number of urea groups is 1. The lowest BCUT2D eigenvalue weighted by Crippen LogP contribution is -2.34. The molecule has 1 aliphatic heterocycles. The van der Waals surface area contributed by atoms with E-state index in [1.807, 2.05) is 35.2 Å². The molecule has 1 heterocycles. The number of nitrogens with two attached hydrogens (primary N) is 1. The largest absolute Gasteiger partial charge is 0.338 e. The Kier molecular flexibility index (Phi) is 5.23. The van der Waals surface area contributed by atoms with Crippen molar-refractivity contribution < 1.29 is 9.59 Å². The monoisotopic (exact) mass is 352 g/mol.